The van der Waals surface area contributed by atoms with Crippen LogP contribution in [0.25, 0.3) is 11.1 Å². The molecule has 0 aliphatic carbocycles. The average Bonchev–Trinajstić information content (AvgIpc) is 2.94. The molecule has 28 heavy (non-hydrogen) atoms. The average molecular weight is 375 g/mol. The SMILES string of the molecule is CCc1c(-c2ccc(C(C)(C)C)cc2)c(C(N)=O)c(C)n1Cc1ccccc1. The van der Waals surface area contributed by atoms with E-state index >= 15 is 0 Å². The lowest BCUT2D eigenvalue weighted by atomic mass is 9.86. The second-order valence-electron chi connectivity index (χ2n) is 8.40. The third-order valence-electron chi connectivity index (χ3n) is 5.44. The fraction of sp³-hybridized carbons (Fsp3) is 0.320. The molecule has 3 heteroatoms. The number of hydrogen-bond acceptors (Lipinski definition) is 1. The third-order valence-corrected chi connectivity index (χ3v) is 5.44. The van der Waals surface area contributed by atoms with Crippen LogP contribution >= 0.6 is 0 Å². The zero-order valence-corrected chi connectivity index (χ0v) is 17.5. The van der Waals surface area contributed by atoms with Crippen LogP contribution in [0.3, 0.4) is 0 Å². The molecule has 0 saturated carbocycles. The summed E-state index contributed by atoms with van der Waals surface area (Å²) in [5.74, 6) is -0.367. The molecule has 146 valence electrons. The molecule has 0 saturated heterocycles. The number of nitrogens with two attached hydrogens (primary N) is 1. The first-order chi connectivity index (χ1) is 13.2. The highest BCUT2D eigenvalue weighted by molar-refractivity contribution is 6.02. The maximum atomic E-state index is 12.4. The van der Waals surface area contributed by atoms with Crippen LogP contribution in [0.1, 0.15) is 60.6 Å². The van der Waals surface area contributed by atoms with Crippen molar-refractivity contribution >= 4 is 5.91 Å². The van der Waals surface area contributed by atoms with Gasteiger partial charge in [0.15, 0.2) is 0 Å². The van der Waals surface area contributed by atoms with Crippen LogP contribution in [-0.4, -0.2) is 10.5 Å². The maximum absolute atomic E-state index is 12.4. The topological polar surface area (TPSA) is 48.0 Å². The van der Waals surface area contributed by atoms with Gasteiger partial charge in [-0.2, -0.15) is 0 Å². The molecule has 0 fully saturated rings. The molecule has 0 bridgehead atoms. The first kappa shape index (κ1) is 19.9. The Hall–Kier alpha value is -2.81. The molecule has 0 spiro atoms. The highest BCUT2D eigenvalue weighted by Crippen LogP contribution is 2.35. The van der Waals surface area contributed by atoms with E-state index in [2.05, 4.69) is 68.7 Å². The van der Waals surface area contributed by atoms with Gasteiger partial charge in [-0.15, -0.1) is 0 Å². The molecule has 0 atom stereocenters. The quantitative estimate of drug-likeness (QED) is 0.632. The Balaban J connectivity index is 2.17. The number of nitrogens with zero attached hydrogens (tertiary/aromatic N) is 1. The van der Waals surface area contributed by atoms with Crippen LogP contribution in [0, 0.1) is 6.92 Å². The third kappa shape index (κ3) is 3.75. The van der Waals surface area contributed by atoms with Gasteiger partial charge in [-0.25, -0.2) is 0 Å². The van der Waals surface area contributed by atoms with Crippen molar-refractivity contribution in [2.45, 2.75) is 53.0 Å². The van der Waals surface area contributed by atoms with Crippen LogP contribution in [-0.2, 0) is 18.4 Å². The summed E-state index contributed by atoms with van der Waals surface area (Å²) >= 11 is 0. The molecule has 1 amide bonds. The number of carbonyl (C=O) groups excluding carboxylic acids is 1. The van der Waals surface area contributed by atoms with E-state index in [9.17, 15) is 4.79 Å². The van der Waals surface area contributed by atoms with Crippen molar-refractivity contribution in [2.75, 3.05) is 0 Å². The van der Waals surface area contributed by atoms with Gasteiger partial charge in [0.2, 0.25) is 0 Å². The van der Waals surface area contributed by atoms with E-state index in [4.69, 9.17) is 5.73 Å². The number of benzene rings is 2. The van der Waals surface area contributed by atoms with Crippen LogP contribution in [0.5, 0.6) is 0 Å². The molecule has 1 heterocycles. The monoisotopic (exact) mass is 374 g/mol. The molecule has 3 aromatic rings. The van der Waals surface area contributed by atoms with Gasteiger partial charge in [0.05, 0.1) is 5.56 Å². The first-order valence-corrected chi connectivity index (χ1v) is 9.90. The Morgan fingerprint density at radius 2 is 1.61 bits per heavy atom. The molecular weight excluding hydrogens is 344 g/mol. The van der Waals surface area contributed by atoms with Gasteiger partial charge in [-0.05, 0) is 35.4 Å². The lowest BCUT2D eigenvalue weighted by Crippen LogP contribution is -2.14. The van der Waals surface area contributed by atoms with E-state index in [-0.39, 0.29) is 11.3 Å². The van der Waals surface area contributed by atoms with E-state index in [1.165, 1.54) is 11.1 Å². The van der Waals surface area contributed by atoms with Crippen LogP contribution in [0.2, 0.25) is 0 Å². The zero-order chi connectivity index (χ0) is 20.5. The van der Waals surface area contributed by atoms with E-state index in [0.717, 1.165) is 35.5 Å². The van der Waals surface area contributed by atoms with Gasteiger partial charge in [0, 0.05) is 23.5 Å². The molecule has 0 aliphatic heterocycles. The minimum Gasteiger partial charge on any atom is -0.366 e. The Labute approximate surface area is 168 Å². The number of aromatic nitrogens is 1. The summed E-state index contributed by atoms with van der Waals surface area (Å²) in [6, 6.07) is 18.9. The first-order valence-electron chi connectivity index (χ1n) is 9.90. The predicted octanol–water partition coefficient (Wildman–Crippen LogP) is 5.47. The predicted molar refractivity (Wildman–Crippen MR) is 117 cm³/mol. The highest BCUT2D eigenvalue weighted by Gasteiger charge is 2.24. The second kappa shape index (κ2) is 7.67. The van der Waals surface area contributed by atoms with E-state index < -0.39 is 0 Å². The Kier molecular flexibility index (Phi) is 5.46. The highest BCUT2D eigenvalue weighted by atomic mass is 16.1. The summed E-state index contributed by atoms with van der Waals surface area (Å²) in [7, 11) is 0. The second-order valence-corrected chi connectivity index (χ2v) is 8.40. The van der Waals surface area contributed by atoms with E-state index in [1.807, 2.05) is 25.1 Å². The van der Waals surface area contributed by atoms with Gasteiger partial charge >= 0.3 is 0 Å². The van der Waals surface area contributed by atoms with Gasteiger partial charge < -0.3 is 10.3 Å². The summed E-state index contributed by atoms with van der Waals surface area (Å²) < 4.78 is 2.24. The lowest BCUT2D eigenvalue weighted by Gasteiger charge is -2.19. The Bertz CT molecular complexity index is 974. The molecule has 3 rings (SSSR count). The van der Waals surface area contributed by atoms with Crippen molar-refractivity contribution in [3.63, 3.8) is 0 Å². The van der Waals surface area contributed by atoms with E-state index in [0.29, 0.717) is 5.56 Å². The van der Waals surface area contributed by atoms with Gasteiger partial charge in [-0.3, -0.25) is 4.79 Å². The number of carbonyl (C=O) groups is 1. The molecule has 0 aliphatic rings. The Morgan fingerprint density at radius 1 is 1.00 bits per heavy atom. The Morgan fingerprint density at radius 3 is 2.11 bits per heavy atom. The normalized spacial score (nSPS) is 11.6. The van der Waals surface area contributed by atoms with Gasteiger partial charge in [0.1, 0.15) is 0 Å². The fourth-order valence-electron chi connectivity index (χ4n) is 3.89. The summed E-state index contributed by atoms with van der Waals surface area (Å²) in [5, 5.41) is 0. The minimum atomic E-state index is -0.367. The zero-order valence-electron chi connectivity index (χ0n) is 17.5. The summed E-state index contributed by atoms with van der Waals surface area (Å²) in [6.45, 7) is 11.5. The number of hydrogen-bond donors (Lipinski definition) is 1. The minimum absolute atomic E-state index is 0.0911. The lowest BCUT2D eigenvalue weighted by molar-refractivity contribution is 0.1000. The van der Waals surface area contributed by atoms with Crippen LogP contribution in [0.4, 0.5) is 0 Å². The molecule has 2 N–H and O–H groups in total. The number of amides is 1. The number of primary amides is 1. The van der Waals surface area contributed by atoms with Gasteiger partial charge in [0.25, 0.3) is 5.91 Å². The van der Waals surface area contributed by atoms with Crippen LogP contribution < -0.4 is 5.73 Å². The summed E-state index contributed by atoms with van der Waals surface area (Å²) in [5.41, 5.74) is 13.1. The van der Waals surface area contributed by atoms with Crippen molar-refractivity contribution in [1.82, 2.24) is 4.57 Å². The van der Waals surface area contributed by atoms with Crippen molar-refractivity contribution < 1.29 is 4.79 Å². The smallest absolute Gasteiger partial charge is 0.251 e. The van der Waals surface area contributed by atoms with Crippen molar-refractivity contribution in [1.29, 1.82) is 0 Å². The van der Waals surface area contributed by atoms with Crippen molar-refractivity contribution in [3.8, 4) is 11.1 Å². The molecule has 2 aromatic carbocycles. The summed E-state index contributed by atoms with van der Waals surface area (Å²) in [4.78, 5) is 12.4. The molecule has 0 unspecified atom stereocenters. The maximum Gasteiger partial charge on any atom is 0.251 e. The van der Waals surface area contributed by atoms with Gasteiger partial charge in [-0.1, -0.05) is 82.3 Å². The molecule has 1 aromatic heterocycles. The van der Waals surface area contributed by atoms with Crippen molar-refractivity contribution in [3.05, 3.63) is 82.7 Å². The number of rotatable bonds is 5. The largest absolute Gasteiger partial charge is 0.366 e. The molecular formula is C25H30N2O. The van der Waals surface area contributed by atoms with E-state index in [1.54, 1.807) is 0 Å². The van der Waals surface area contributed by atoms with Crippen molar-refractivity contribution in [2.24, 2.45) is 5.73 Å². The van der Waals surface area contributed by atoms with Crippen LogP contribution in [0.15, 0.2) is 54.6 Å². The molecule has 3 nitrogen and oxygen atoms in total. The summed E-state index contributed by atoms with van der Waals surface area (Å²) in [6.07, 6.45) is 0.831. The molecule has 0 radical (unpaired) electrons. The fourth-order valence-corrected chi connectivity index (χ4v) is 3.89. The standard InChI is InChI=1S/C25H30N2O/c1-6-21-23(19-12-14-20(15-13-19)25(3,4)5)22(24(26)28)17(2)27(21)16-18-10-8-7-9-11-18/h7-15H,6,16H2,1-5H3,(H2,26,28).